The zero-order chi connectivity index (χ0) is 25.3. The van der Waals surface area contributed by atoms with Gasteiger partial charge in [-0.15, -0.1) is 0 Å². The van der Waals surface area contributed by atoms with E-state index in [0.29, 0.717) is 27.6 Å². The molecule has 0 aliphatic rings. The van der Waals surface area contributed by atoms with E-state index < -0.39 is 12.1 Å². The second-order valence-corrected chi connectivity index (χ2v) is 8.29. The van der Waals surface area contributed by atoms with Crippen molar-refractivity contribution in [3.05, 3.63) is 119 Å². The molecule has 0 fully saturated rings. The predicted octanol–water partition coefficient (Wildman–Crippen LogP) is 6.14. The van der Waals surface area contributed by atoms with Crippen LogP contribution in [0.3, 0.4) is 0 Å². The first kappa shape index (κ1) is 24.7. The Morgan fingerprint density at radius 2 is 1.50 bits per heavy atom. The number of nitrogens with one attached hydrogen (secondary N) is 1. The fraction of sp³-hybridized carbons (Fsp3) is 0.0690. The number of ether oxygens (including phenoxy) is 2. The van der Waals surface area contributed by atoms with E-state index in [4.69, 9.17) is 21.1 Å². The van der Waals surface area contributed by atoms with Gasteiger partial charge in [-0.25, -0.2) is 10.2 Å². The van der Waals surface area contributed by atoms with Crippen molar-refractivity contribution in [2.24, 2.45) is 5.10 Å². The largest absolute Gasteiger partial charge is 0.481 e. The van der Waals surface area contributed by atoms with Gasteiger partial charge in [0.25, 0.3) is 5.91 Å². The van der Waals surface area contributed by atoms with Crippen LogP contribution in [0.15, 0.2) is 108 Å². The van der Waals surface area contributed by atoms with Crippen molar-refractivity contribution in [1.29, 1.82) is 0 Å². The Morgan fingerprint density at radius 3 is 2.19 bits per heavy atom. The Kier molecular flexibility index (Phi) is 8.11. The molecule has 4 aromatic rings. The van der Waals surface area contributed by atoms with Gasteiger partial charge in [0.05, 0.1) is 11.8 Å². The molecule has 0 spiro atoms. The van der Waals surface area contributed by atoms with Gasteiger partial charge in [0, 0.05) is 5.02 Å². The number of halogens is 1. The highest BCUT2D eigenvalue weighted by atomic mass is 35.5. The Labute approximate surface area is 214 Å². The van der Waals surface area contributed by atoms with Crippen molar-refractivity contribution in [2.75, 3.05) is 0 Å². The number of esters is 1. The number of hydrogen-bond donors (Lipinski definition) is 1. The van der Waals surface area contributed by atoms with Gasteiger partial charge < -0.3 is 9.47 Å². The number of benzene rings is 4. The van der Waals surface area contributed by atoms with Crippen molar-refractivity contribution < 1.29 is 19.1 Å². The number of hydrazone groups is 1. The van der Waals surface area contributed by atoms with Gasteiger partial charge in [-0.1, -0.05) is 60.1 Å². The molecule has 0 aromatic heterocycles. The Hall–Kier alpha value is -4.42. The molecule has 0 aliphatic heterocycles. The van der Waals surface area contributed by atoms with Gasteiger partial charge >= 0.3 is 5.97 Å². The van der Waals surface area contributed by atoms with Crippen molar-refractivity contribution >= 4 is 29.7 Å². The van der Waals surface area contributed by atoms with Gasteiger partial charge in [0.1, 0.15) is 11.5 Å². The molecule has 0 radical (unpaired) electrons. The zero-order valence-electron chi connectivity index (χ0n) is 19.4. The normalized spacial score (nSPS) is 11.6. The standard InChI is InChI=1S/C29H23ClN2O4/c1-20(35-26-16-12-23(13-17-26)22-6-3-2-4-7-22)28(33)32-31-19-21-10-14-27(15-11-21)36-29(34)24-8-5-9-25(30)18-24/h2-20H,1H3,(H,32,33). The van der Waals surface area contributed by atoms with Crippen LogP contribution in [0.2, 0.25) is 5.02 Å². The summed E-state index contributed by atoms with van der Waals surface area (Å²) < 4.78 is 11.1. The summed E-state index contributed by atoms with van der Waals surface area (Å²) in [4.78, 5) is 24.6. The molecule has 0 bridgehead atoms. The number of hydrogen-bond acceptors (Lipinski definition) is 5. The van der Waals surface area contributed by atoms with Crippen LogP contribution in [0.25, 0.3) is 11.1 Å². The van der Waals surface area contributed by atoms with Gasteiger partial charge in [0.15, 0.2) is 6.10 Å². The number of amides is 1. The van der Waals surface area contributed by atoms with E-state index in [2.05, 4.69) is 10.5 Å². The minimum Gasteiger partial charge on any atom is -0.481 e. The van der Waals surface area contributed by atoms with Gasteiger partial charge in [-0.2, -0.15) is 5.10 Å². The van der Waals surface area contributed by atoms with Gasteiger partial charge in [-0.05, 0) is 78.2 Å². The molecule has 4 rings (SSSR count). The van der Waals surface area contributed by atoms with Crippen LogP contribution in [0.1, 0.15) is 22.8 Å². The number of nitrogens with zero attached hydrogens (tertiary/aromatic N) is 1. The molecule has 1 N–H and O–H groups in total. The minimum atomic E-state index is -0.738. The van der Waals surface area contributed by atoms with Crippen molar-refractivity contribution in [1.82, 2.24) is 5.43 Å². The van der Waals surface area contributed by atoms with E-state index in [9.17, 15) is 9.59 Å². The number of carbonyl (C=O) groups excluding carboxylic acids is 2. The van der Waals surface area contributed by atoms with Crippen LogP contribution in [-0.4, -0.2) is 24.2 Å². The molecule has 36 heavy (non-hydrogen) atoms. The monoisotopic (exact) mass is 498 g/mol. The Balaban J connectivity index is 1.26. The van der Waals surface area contributed by atoms with E-state index in [0.717, 1.165) is 11.1 Å². The SMILES string of the molecule is CC(Oc1ccc(-c2ccccc2)cc1)C(=O)NN=Cc1ccc(OC(=O)c2cccc(Cl)c2)cc1. The van der Waals surface area contributed by atoms with Crippen molar-refractivity contribution in [3.8, 4) is 22.6 Å². The quantitative estimate of drug-likeness (QED) is 0.137. The highest BCUT2D eigenvalue weighted by molar-refractivity contribution is 6.30. The lowest BCUT2D eigenvalue weighted by Crippen LogP contribution is -2.33. The average molecular weight is 499 g/mol. The second-order valence-electron chi connectivity index (χ2n) is 7.85. The maximum Gasteiger partial charge on any atom is 0.343 e. The topological polar surface area (TPSA) is 77.0 Å². The number of rotatable bonds is 8. The van der Waals surface area contributed by atoms with Crippen LogP contribution in [0.5, 0.6) is 11.5 Å². The van der Waals surface area contributed by atoms with Crippen LogP contribution >= 0.6 is 11.6 Å². The maximum absolute atomic E-state index is 12.3. The van der Waals surface area contributed by atoms with Crippen LogP contribution in [-0.2, 0) is 4.79 Å². The summed E-state index contributed by atoms with van der Waals surface area (Å²) >= 11 is 5.91. The second kappa shape index (κ2) is 11.8. The first-order chi connectivity index (χ1) is 17.5. The maximum atomic E-state index is 12.3. The lowest BCUT2D eigenvalue weighted by molar-refractivity contribution is -0.127. The Morgan fingerprint density at radius 1 is 0.833 bits per heavy atom. The molecule has 0 saturated heterocycles. The van der Waals surface area contributed by atoms with E-state index in [-0.39, 0.29) is 5.91 Å². The average Bonchev–Trinajstić information content (AvgIpc) is 2.90. The first-order valence-electron chi connectivity index (χ1n) is 11.2. The lowest BCUT2D eigenvalue weighted by atomic mass is 10.1. The molecule has 4 aromatic carbocycles. The van der Waals surface area contributed by atoms with Crippen LogP contribution in [0.4, 0.5) is 0 Å². The first-order valence-corrected chi connectivity index (χ1v) is 11.6. The lowest BCUT2D eigenvalue weighted by Gasteiger charge is -2.13. The smallest absolute Gasteiger partial charge is 0.343 e. The fourth-order valence-corrected chi connectivity index (χ4v) is 3.47. The van der Waals surface area contributed by atoms with Crippen molar-refractivity contribution in [2.45, 2.75) is 13.0 Å². The molecule has 0 heterocycles. The van der Waals surface area contributed by atoms with E-state index in [1.54, 1.807) is 49.4 Å². The molecule has 7 heteroatoms. The third-order valence-electron chi connectivity index (χ3n) is 5.18. The van der Waals surface area contributed by atoms with Crippen molar-refractivity contribution in [3.63, 3.8) is 0 Å². The third-order valence-corrected chi connectivity index (χ3v) is 5.42. The highest BCUT2D eigenvalue weighted by Crippen LogP contribution is 2.22. The van der Waals surface area contributed by atoms with Gasteiger partial charge in [0.2, 0.25) is 0 Å². The van der Waals surface area contributed by atoms with E-state index >= 15 is 0 Å². The molecule has 0 saturated carbocycles. The molecule has 0 aliphatic carbocycles. The van der Waals surface area contributed by atoms with Crippen LogP contribution in [0, 0.1) is 0 Å². The molecule has 1 unspecified atom stereocenters. The molecule has 6 nitrogen and oxygen atoms in total. The fourth-order valence-electron chi connectivity index (χ4n) is 3.28. The van der Waals surface area contributed by atoms with E-state index in [1.165, 1.54) is 12.3 Å². The van der Waals surface area contributed by atoms with Gasteiger partial charge in [-0.3, -0.25) is 4.79 Å². The summed E-state index contributed by atoms with van der Waals surface area (Å²) in [7, 11) is 0. The molecule has 1 atom stereocenters. The molecular formula is C29H23ClN2O4. The Bertz CT molecular complexity index is 1350. The summed E-state index contributed by atoms with van der Waals surface area (Å²) in [6, 6.07) is 30.8. The number of carbonyl (C=O) groups is 2. The summed E-state index contributed by atoms with van der Waals surface area (Å²) in [6.45, 7) is 1.65. The summed E-state index contributed by atoms with van der Waals surface area (Å²) in [6.07, 6.45) is 0.750. The molecular weight excluding hydrogens is 476 g/mol. The summed E-state index contributed by atoms with van der Waals surface area (Å²) in [5.74, 6) is 0.0750. The molecule has 1 amide bonds. The minimum absolute atomic E-state index is 0.360. The third kappa shape index (κ3) is 6.81. The van der Waals surface area contributed by atoms with E-state index in [1.807, 2.05) is 54.6 Å². The predicted molar refractivity (Wildman–Crippen MR) is 141 cm³/mol. The molecule has 180 valence electrons. The zero-order valence-corrected chi connectivity index (χ0v) is 20.2. The summed E-state index contributed by atoms with van der Waals surface area (Å²) in [5, 5.41) is 4.44. The summed E-state index contributed by atoms with van der Waals surface area (Å²) in [5.41, 5.74) is 5.71. The van der Waals surface area contributed by atoms with Crippen LogP contribution < -0.4 is 14.9 Å². The highest BCUT2D eigenvalue weighted by Gasteiger charge is 2.14.